The van der Waals surface area contributed by atoms with Crippen molar-refractivity contribution in [3.05, 3.63) is 21.9 Å². The molecular weight excluding hydrogens is 204 g/mol. The van der Waals surface area contributed by atoms with Gasteiger partial charge in [0.05, 0.1) is 5.92 Å². The Hall–Kier alpha value is -0.630. The molecule has 0 spiro atoms. The van der Waals surface area contributed by atoms with Gasteiger partial charge in [-0.05, 0) is 31.9 Å². The van der Waals surface area contributed by atoms with Gasteiger partial charge in [0.1, 0.15) is 5.78 Å². The average molecular weight is 222 g/mol. The van der Waals surface area contributed by atoms with Crippen LogP contribution in [0.5, 0.6) is 0 Å². The third-order valence-corrected chi connectivity index (χ3v) is 4.43. The topological polar surface area (TPSA) is 17.1 Å². The molecule has 1 aromatic heterocycles. The zero-order chi connectivity index (χ0) is 10.8. The summed E-state index contributed by atoms with van der Waals surface area (Å²) in [6, 6.07) is 4.27. The van der Waals surface area contributed by atoms with Crippen molar-refractivity contribution >= 4 is 17.1 Å². The molecule has 1 nitrogen and oxygen atoms in total. The Kier molecular flexibility index (Phi) is 3.25. The quantitative estimate of drug-likeness (QED) is 0.658. The van der Waals surface area contributed by atoms with Crippen LogP contribution in [-0.4, -0.2) is 5.78 Å². The molecule has 15 heavy (non-hydrogen) atoms. The molecule has 0 N–H and O–H groups in total. The summed E-state index contributed by atoms with van der Waals surface area (Å²) in [6.07, 6.45) is 4.56. The van der Waals surface area contributed by atoms with Gasteiger partial charge in [-0.15, -0.1) is 11.3 Å². The predicted molar refractivity (Wildman–Crippen MR) is 64.4 cm³/mol. The Labute approximate surface area is 95.5 Å². The first kappa shape index (κ1) is 10.9. The largest absolute Gasteiger partial charge is 0.299 e. The number of carbonyl (C=O) groups excluding carboxylic acids is 1. The number of thiophene rings is 1. The number of rotatable bonds is 1. The molecule has 0 saturated heterocycles. The van der Waals surface area contributed by atoms with Crippen molar-refractivity contribution in [2.75, 3.05) is 0 Å². The minimum absolute atomic E-state index is 0.196. The van der Waals surface area contributed by atoms with E-state index < -0.39 is 0 Å². The maximum Gasteiger partial charge on any atom is 0.143 e. The molecule has 82 valence electrons. The highest BCUT2D eigenvalue weighted by Gasteiger charge is 2.28. The van der Waals surface area contributed by atoms with Gasteiger partial charge in [-0.25, -0.2) is 0 Å². The summed E-state index contributed by atoms with van der Waals surface area (Å²) >= 11 is 1.79. The lowest BCUT2D eigenvalue weighted by molar-refractivity contribution is -0.123. The summed E-state index contributed by atoms with van der Waals surface area (Å²) < 4.78 is 0. The molecule has 1 aliphatic carbocycles. The smallest absolute Gasteiger partial charge is 0.143 e. The molecule has 0 aromatic carbocycles. The third kappa shape index (κ3) is 2.31. The fourth-order valence-corrected chi connectivity index (χ4v) is 3.37. The summed E-state index contributed by atoms with van der Waals surface area (Å²) in [4.78, 5) is 14.8. The lowest BCUT2D eigenvalue weighted by atomic mass is 9.92. The van der Waals surface area contributed by atoms with Gasteiger partial charge >= 0.3 is 0 Å². The molecule has 1 aromatic rings. The predicted octanol–water partition coefficient (Wildman–Crippen LogP) is 3.92. The summed E-state index contributed by atoms with van der Waals surface area (Å²) in [7, 11) is 0. The van der Waals surface area contributed by atoms with Crippen LogP contribution in [0.15, 0.2) is 12.1 Å². The van der Waals surface area contributed by atoms with Crippen molar-refractivity contribution < 1.29 is 4.79 Å². The van der Waals surface area contributed by atoms with Crippen LogP contribution in [-0.2, 0) is 4.79 Å². The molecule has 1 saturated carbocycles. The minimum Gasteiger partial charge on any atom is -0.299 e. The van der Waals surface area contributed by atoms with Crippen molar-refractivity contribution in [3.8, 4) is 0 Å². The van der Waals surface area contributed by atoms with E-state index >= 15 is 0 Å². The highest BCUT2D eigenvalue weighted by Crippen LogP contribution is 2.35. The van der Waals surface area contributed by atoms with Crippen LogP contribution < -0.4 is 0 Å². The number of carbonyl (C=O) groups is 1. The van der Waals surface area contributed by atoms with Gasteiger partial charge in [0, 0.05) is 15.7 Å². The van der Waals surface area contributed by atoms with Gasteiger partial charge in [-0.2, -0.15) is 0 Å². The standard InChI is InChI=1S/C13H18OS/c1-9-5-3-4-6-11(13(9)14)12-8-7-10(2)15-12/h7-9,11H,3-6H2,1-2H3. The molecule has 2 rings (SSSR count). The van der Waals surface area contributed by atoms with Crippen molar-refractivity contribution in [1.82, 2.24) is 0 Å². The maximum absolute atomic E-state index is 12.2. The van der Waals surface area contributed by atoms with E-state index in [2.05, 4.69) is 26.0 Å². The van der Waals surface area contributed by atoms with Gasteiger partial charge in [-0.3, -0.25) is 4.79 Å². The number of Topliss-reactive ketones (excluding diaryl/α,β-unsaturated/α-hetero) is 1. The van der Waals surface area contributed by atoms with Crippen LogP contribution >= 0.6 is 11.3 Å². The minimum atomic E-state index is 0.196. The number of hydrogen-bond donors (Lipinski definition) is 0. The highest BCUT2D eigenvalue weighted by molar-refractivity contribution is 7.12. The summed E-state index contributed by atoms with van der Waals surface area (Å²) in [5, 5.41) is 0. The van der Waals surface area contributed by atoms with Crippen LogP contribution in [0.2, 0.25) is 0 Å². The second kappa shape index (κ2) is 4.48. The molecule has 0 amide bonds. The van der Waals surface area contributed by atoms with E-state index in [4.69, 9.17) is 0 Å². The monoisotopic (exact) mass is 222 g/mol. The first-order valence-electron chi connectivity index (χ1n) is 5.78. The Morgan fingerprint density at radius 1 is 1.27 bits per heavy atom. The Bertz CT molecular complexity index is 353. The SMILES string of the molecule is Cc1ccc(C2CCCCC(C)C2=O)s1. The van der Waals surface area contributed by atoms with Crippen LogP contribution in [0.25, 0.3) is 0 Å². The lowest BCUT2D eigenvalue weighted by Gasteiger charge is -2.14. The van der Waals surface area contributed by atoms with Gasteiger partial charge in [0.2, 0.25) is 0 Å². The average Bonchev–Trinajstić information content (AvgIpc) is 2.56. The van der Waals surface area contributed by atoms with E-state index in [0.717, 1.165) is 12.8 Å². The molecule has 2 heteroatoms. The van der Waals surface area contributed by atoms with Crippen LogP contribution in [0.4, 0.5) is 0 Å². The molecule has 0 radical (unpaired) electrons. The Morgan fingerprint density at radius 3 is 2.67 bits per heavy atom. The van der Waals surface area contributed by atoms with Gasteiger partial charge < -0.3 is 0 Å². The maximum atomic E-state index is 12.2. The van der Waals surface area contributed by atoms with E-state index in [1.165, 1.54) is 22.6 Å². The normalized spacial score (nSPS) is 27.7. The molecule has 1 fully saturated rings. The summed E-state index contributed by atoms with van der Waals surface area (Å²) in [5.41, 5.74) is 0. The Balaban J connectivity index is 2.22. The second-order valence-electron chi connectivity index (χ2n) is 4.59. The fraction of sp³-hybridized carbons (Fsp3) is 0.615. The Morgan fingerprint density at radius 2 is 2.00 bits per heavy atom. The first-order chi connectivity index (χ1) is 7.18. The lowest BCUT2D eigenvalue weighted by Crippen LogP contribution is -2.16. The number of ketones is 1. The first-order valence-corrected chi connectivity index (χ1v) is 6.60. The molecule has 0 aliphatic heterocycles. The van der Waals surface area contributed by atoms with Crippen molar-refractivity contribution in [3.63, 3.8) is 0 Å². The molecular formula is C13H18OS. The second-order valence-corrected chi connectivity index (χ2v) is 5.91. The molecule has 1 aliphatic rings. The van der Waals surface area contributed by atoms with E-state index in [-0.39, 0.29) is 11.8 Å². The van der Waals surface area contributed by atoms with E-state index in [0.29, 0.717) is 5.78 Å². The molecule has 1 heterocycles. The van der Waals surface area contributed by atoms with Gasteiger partial charge in [0.25, 0.3) is 0 Å². The molecule has 2 unspecified atom stereocenters. The third-order valence-electron chi connectivity index (χ3n) is 3.31. The molecule has 2 atom stereocenters. The number of aryl methyl sites for hydroxylation is 1. The fourth-order valence-electron chi connectivity index (χ4n) is 2.35. The van der Waals surface area contributed by atoms with Crippen LogP contribution in [0.3, 0.4) is 0 Å². The highest BCUT2D eigenvalue weighted by atomic mass is 32.1. The van der Waals surface area contributed by atoms with E-state index in [9.17, 15) is 4.79 Å². The number of hydrogen-bond acceptors (Lipinski definition) is 2. The van der Waals surface area contributed by atoms with Crippen LogP contribution in [0.1, 0.15) is 48.3 Å². The van der Waals surface area contributed by atoms with E-state index in [1.54, 1.807) is 11.3 Å². The molecule has 0 bridgehead atoms. The van der Waals surface area contributed by atoms with Crippen molar-refractivity contribution in [2.45, 2.75) is 45.4 Å². The van der Waals surface area contributed by atoms with Crippen molar-refractivity contribution in [1.29, 1.82) is 0 Å². The summed E-state index contributed by atoms with van der Waals surface area (Å²) in [5.74, 6) is 0.926. The van der Waals surface area contributed by atoms with Gasteiger partial charge in [0.15, 0.2) is 0 Å². The van der Waals surface area contributed by atoms with Crippen molar-refractivity contribution in [2.24, 2.45) is 5.92 Å². The summed E-state index contributed by atoms with van der Waals surface area (Å²) in [6.45, 7) is 4.19. The van der Waals surface area contributed by atoms with E-state index in [1.807, 2.05) is 0 Å². The van der Waals surface area contributed by atoms with Crippen LogP contribution in [0, 0.1) is 12.8 Å². The zero-order valence-electron chi connectivity index (χ0n) is 9.45. The van der Waals surface area contributed by atoms with Gasteiger partial charge in [-0.1, -0.05) is 19.8 Å². The zero-order valence-corrected chi connectivity index (χ0v) is 10.3.